The van der Waals surface area contributed by atoms with Crippen LogP contribution in [-0.4, -0.2) is 5.78 Å². The van der Waals surface area contributed by atoms with Crippen LogP contribution in [0.15, 0.2) is 42.5 Å². The fourth-order valence-electron chi connectivity index (χ4n) is 2.42. The number of carbonyl (C=O) groups is 1. The smallest absolute Gasteiger partial charge is 0.170 e. The van der Waals surface area contributed by atoms with E-state index in [9.17, 15) is 9.18 Å². The Hall–Kier alpha value is -2.16. The van der Waals surface area contributed by atoms with Crippen LogP contribution in [0.1, 0.15) is 34.0 Å². The van der Waals surface area contributed by atoms with Gasteiger partial charge in [0.05, 0.1) is 12.0 Å². The number of fused-ring (bicyclic) bond motifs is 1. The van der Waals surface area contributed by atoms with E-state index in [1.807, 2.05) is 31.2 Å². The van der Waals surface area contributed by atoms with Crippen LogP contribution < -0.4 is 4.74 Å². The Morgan fingerprint density at radius 3 is 2.79 bits per heavy atom. The van der Waals surface area contributed by atoms with Crippen molar-refractivity contribution in [3.8, 4) is 5.75 Å². The van der Waals surface area contributed by atoms with Gasteiger partial charge in [-0.15, -0.1) is 0 Å². The molecule has 0 spiro atoms. The molecule has 3 rings (SSSR count). The molecule has 19 heavy (non-hydrogen) atoms. The van der Waals surface area contributed by atoms with Gasteiger partial charge in [-0.2, -0.15) is 0 Å². The Labute approximate surface area is 110 Å². The van der Waals surface area contributed by atoms with Gasteiger partial charge in [0, 0.05) is 6.07 Å². The molecular weight excluding hydrogens is 243 g/mol. The summed E-state index contributed by atoms with van der Waals surface area (Å²) < 4.78 is 19.0. The molecule has 1 atom stereocenters. The third-order valence-corrected chi connectivity index (χ3v) is 3.42. The van der Waals surface area contributed by atoms with E-state index in [1.54, 1.807) is 0 Å². The van der Waals surface area contributed by atoms with Crippen molar-refractivity contribution < 1.29 is 13.9 Å². The summed E-state index contributed by atoms with van der Waals surface area (Å²) in [5.74, 6) is -0.0593. The topological polar surface area (TPSA) is 26.3 Å². The SMILES string of the molecule is Cc1ccccc1C1CC(=O)c2ccc(F)cc2O1. The molecule has 1 aliphatic rings. The average molecular weight is 256 g/mol. The van der Waals surface area contributed by atoms with E-state index in [1.165, 1.54) is 18.2 Å². The Morgan fingerprint density at radius 2 is 2.00 bits per heavy atom. The largest absolute Gasteiger partial charge is 0.484 e. The van der Waals surface area contributed by atoms with Crippen molar-refractivity contribution in [2.75, 3.05) is 0 Å². The number of carbonyl (C=O) groups excluding carboxylic acids is 1. The quantitative estimate of drug-likeness (QED) is 0.774. The second-order valence-electron chi connectivity index (χ2n) is 4.73. The highest BCUT2D eigenvalue weighted by Gasteiger charge is 2.28. The summed E-state index contributed by atoms with van der Waals surface area (Å²) in [6, 6.07) is 11.8. The van der Waals surface area contributed by atoms with Crippen LogP contribution in [0.4, 0.5) is 4.39 Å². The van der Waals surface area contributed by atoms with Crippen molar-refractivity contribution in [3.05, 3.63) is 65.0 Å². The highest BCUT2D eigenvalue weighted by atomic mass is 19.1. The van der Waals surface area contributed by atoms with E-state index in [-0.39, 0.29) is 11.9 Å². The van der Waals surface area contributed by atoms with Crippen LogP contribution in [-0.2, 0) is 0 Å². The lowest BCUT2D eigenvalue weighted by Gasteiger charge is -2.26. The summed E-state index contributed by atoms with van der Waals surface area (Å²) in [5, 5.41) is 0. The second-order valence-corrected chi connectivity index (χ2v) is 4.73. The number of hydrogen-bond donors (Lipinski definition) is 0. The minimum absolute atomic E-state index is 0.00509. The predicted octanol–water partition coefficient (Wildman–Crippen LogP) is 3.84. The van der Waals surface area contributed by atoms with Crippen molar-refractivity contribution in [3.63, 3.8) is 0 Å². The molecule has 1 unspecified atom stereocenters. The zero-order chi connectivity index (χ0) is 13.4. The number of Topliss-reactive ketones (excluding diaryl/α,β-unsaturated/α-hetero) is 1. The molecule has 2 nitrogen and oxygen atoms in total. The number of hydrogen-bond acceptors (Lipinski definition) is 2. The minimum atomic E-state index is -0.392. The molecule has 0 aromatic heterocycles. The van der Waals surface area contributed by atoms with E-state index in [0.29, 0.717) is 17.7 Å². The molecule has 96 valence electrons. The Kier molecular flexibility index (Phi) is 2.82. The first-order chi connectivity index (χ1) is 9.15. The predicted molar refractivity (Wildman–Crippen MR) is 69.9 cm³/mol. The fraction of sp³-hybridized carbons (Fsp3) is 0.188. The Morgan fingerprint density at radius 1 is 1.21 bits per heavy atom. The molecule has 0 N–H and O–H groups in total. The van der Waals surface area contributed by atoms with Crippen molar-refractivity contribution >= 4 is 5.78 Å². The van der Waals surface area contributed by atoms with Gasteiger partial charge < -0.3 is 4.74 Å². The highest BCUT2D eigenvalue weighted by molar-refractivity contribution is 6.00. The third-order valence-electron chi connectivity index (χ3n) is 3.42. The van der Waals surface area contributed by atoms with E-state index < -0.39 is 5.82 Å². The first-order valence-electron chi connectivity index (χ1n) is 6.20. The van der Waals surface area contributed by atoms with Crippen molar-refractivity contribution in [2.24, 2.45) is 0 Å². The van der Waals surface area contributed by atoms with E-state index in [4.69, 9.17) is 4.74 Å². The molecule has 0 bridgehead atoms. The molecule has 0 saturated heterocycles. The van der Waals surface area contributed by atoms with E-state index in [0.717, 1.165) is 11.1 Å². The number of ketones is 1. The molecule has 1 heterocycles. The fourth-order valence-corrected chi connectivity index (χ4v) is 2.42. The number of ether oxygens (including phenoxy) is 1. The Balaban J connectivity index is 2.01. The summed E-state index contributed by atoms with van der Waals surface area (Å²) in [6.45, 7) is 1.98. The van der Waals surface area contributed by atoms with Crippen LogP contribution in [0.2, 0.25) is 0 Å². The molecular formula is C16H13FO2. The lowest BCUT2D eigenvalue weighted by Crippen LogP contribution is -2.21. The summed E-state index contributed by atoms with van der Waals surface area (Å²) in [4.78, 5) is 12.1. The molecule has 1 aliphatic heterocycles. The van der Waals surface area contributed by atoms with Crippen molar-refractivity contribution in [1.82, 2.24) is 0 Å². The molecule has 2 aromatic rings. The van der Waals surface area contributed by atoms with Gasteiger partial charge in [-0.3, -0.25) is 4.79 Å². The minimum Gasteiger partial charge on any atom is -0.484 e. The van der Waals surface area contributed by atoms with Crippen molar-refractivity contribution in [2.45, 2.75) is 19.4 Å². The Bertz CT molecular complexity index is 649. The normalized spacial score (nSPS) is 17.8. The lowest BCUT2D eigenvalue weighted by atomic mass is 9.94. The number of halogens is 1. The summed E-state index contributed by atoms with van der Waals surface area (Å²) in [6.07, 6.45) is -0.0354. The van der Waals surface area contributed by atoms with Gasteiger partial charge in [0.25, 0.3) is 0 Å². The molecule has 0 saturated carbocycles. The van der Waals surface area contributed by atoms with E-state index in [2.05, 4.69) is 0 Å². The zero-order valence-electron chi connectivity index (χ0n) is 10.5. The standard InChI is InChI=1S/C16H13FO2/c1-10-4-2-3-5-12(10)16-9-14(18)13-7-6-11(17)8-15(13)19-16/h2-8,16H,9H2,1H3. The second kappa shape index (κ2) is 4.50. The van der Waals surface area contributed by atoms with Crippen LogP contribution in [0.25, 0.3) is 0 Å². The number of benzene rings is 2. The van der Waals surface area contributed by atoms with Gasteiger partial charge in [0.15, 0.2) is 5.78 Å². The molecule has 0 aliphatic carbocycles. The van der Waals surface area contributed by atoms with Crippen molar-refractivity contribution in [1.29, 1.82) is 0 Å². The lowest BCUT2D eigenvalue weighted by molar-refractivity contribution is 0.0848. The van der Waals surface area contributed by atoms with Crippen LogP contribution in [0, 0.1) is 12.7 Å². The summed E-state index contributed by atoms with van der Waals surface area (Å²) in [7, 11) is 0. The maximum Gasteiger partial charge on any atom is 0.170 e. The summed E-state index contributed by atoms with van der Waals surface area (Å²) >= 11 is 0. The maximum absolute atomic E-state index is 13.2. The number of aryl methyl sites for hydroxylation is 1. The van der Waals surface area contributed by atoms with Gasteiger partial charge in [-0.05, 0) is 30.2 Å². The van der Waals surface area contributed by atoms with Gasteiger partial charge in [-0.25, -0.2) is 4.39 Å². The molecule has 0 fully saturated rings. The first-order valence-corrected chi connectivity index (χ1v) is 6.20. The first kappa shape index (κ1) is 11.9. The average Bonchev–Trinajstić information content (AvgIpc) is 2.38. The van der Waals surface area contributed by atoms with Crippen LogP contribution in [0.5, 0.6) is 5.75 Å². The van der Waals surface area contributed by atoms with Crippen LogP contribution >= 0.6 is 0 Å². The van der Waals surface area contributed by atoms with Gasteiger partial charge >= 0.3 is 0 Å². The van der Waals surface area contributed by atoms with Crippen LogP contribution in [0.3, 0.4) is 0 Å². The molecule has 2 aromatic carbocycles. The van der Waals surface area contributed by atoms with Gasteiger partial charge in [0.1, 0.15) is 17.7 Å². The molecule has 0 amide bonds. The molecule has 0 radical (unpaired) electrons. The zero-order valence-corrected chi connectivity index (χ0v) is 10.5. The highest BCUT2D eigenvalue weighted by Crippen LogP contribution is 2.36. The number of rotatable bonds is 1. The van der Waals surface area contributed by atoms with Gasteiger partial charge in [0.2, 0.25) is 0 Å². The monoisotopic (exact) mass is 256 g/mol. The van der Waals surface area contributed by atoms with E-state index >= 15 is 0 Å². The van der Waals surface area contributed by atoms with Gasteiger partial charge in [-0.1, -0.05) is 24.3 Å². The third kappa shape index (κ3) is 2.12. The molecule has 3 heteroatoms. The maximum atomic E-state index is 13.2. The summed E-state index contributed by atoms with van der Waals surface area (Å²) in [5.41, 5.74) is 2.51.